The number of aliphatic hydroxyl groups is 1. The zero-order valence-electron chi connectivity index (χ0n) is 9.59. The van der Waals surface area contributed by atoms with Gasteiger partial charge in [0.2, 0.25) is 0 Å². The van der Waals surface area contributed by atoms with Crippen molar-refractivity contribution >= 4 is 22.6 Å². The minimum atomic E-state index is -0.639. The number of carbonyl (C=O) groups is 1. The minimum Gasteiger partial charge on any atom is -0.507 e. The second kappa shape index (κ2) is 5.37. The lowest BCUT2D eigenvalue weighted by molar-refractivity contribution is 0.131. The van der Waals surface area contributed by atoms with Crippen LogP contribution in [-0.2, 0) is 4.74 Å². The van der Waals surface area contributed by atoms with Gasteiger partial charge in [-0.05, 0) is 12.1 Å². The zero-order chi connectivity index (χ0) is 13.0. The maximum Gasteiger partial charge on any atom is 0.411 e. The summed E-state index contributed by atoms with van der Waals surface area (Å²) in [7, 11) is 0. The molecule has 0 saturated carbocycles. The molecule has 0 spiro atoms. The van der Waals surface area contributed by atoms with Crippen LogP contribution < -0.4 is 5.32 Å². The number of hydrogen-bond donors (Lipinski definition) is 3. The van der Waals surface area contributed by atoms with Gasteiger partial charge in [0.05, 0.1) is 12.3 Å². The molecule has 3 N–H and O–H groups in total. The molecule has 0 unspecified atom stereocenters. The van der Waals surface area contributed by atoms with Crippen molar-refractivity contribution in [2.45, 2.75) is 0 Å². The van der Waals surface area contributed by atoms with E-state index >= 15 is 0 Å². The number of benzene rings is 2. The Morgan fingerprint density at radius 3 is 2.67 bits per heavy atom. The lowest BCUT2D eigenvalue weighted by atomic mass is 10.1. The van der Waals surface area contributed by atoms with Gasteiger partial charge in [-0.15, -0.1) is 0 Å². The number of carbonyl (C=O) groups excluding carboxylic acids is 1. The van der Waals surface area contributed by atoms with Crippen molar-refractivity contribution in [1.29, 1.82) is 0 Å². The highest BCUT2D eigenvalue weighted by atomic mass is 16.6. The summed E-state index contributed by atoms with van der Waals surface area (Å²) in [6, 6.07) is 10.3. The summed E-state index contributed by atoms with van der Waals surface area (Å²) in [5.74, 6) is 0.153. The van der Waals surface area contributed by atoms with Crippen LogP contribution in [0.15, 0.2) is 36.4 Å². The average molecular weight is 247 g/mol. The Kier molecular flexibility index (Phi) is 3.64. The van der Waals surface area contributed by atoms with Gasteiger partial charge in [-0.1, -0.05) is 24.3 Å². The summed E-state index contributed by atoms with van der Waals surface area (Å²) in [6.07, 6.45) is -0.639. The van der Waals surface area contributed by atoms with Crippen molar-refractivity contribution in [3.05, 3.63) is 36.4 Å². The van der Waals surface area contributed by atoms with E-state index in [1.54, 1.807) is 36.4 Å². The summed E-state index contributed by atoms with van der Waals surface area (Å²) >= 11 is 0. The summed E-state index contributed by atoms with van der Waals surface area (Å²) in [5.41, 5.74) is 0.548. The molecule has 0 radical (unpaired) electrons. The van der Waals surface area contributed by atoms with E-state index < -0.39 is 6.09 Å². The number of rotatable bonds is 3. The first-order chi connectivity index (χ1) is 8.72. The van der Waals surface area contributed by atoms with E-state index in [0.29, 0.717) is 11.1 Å². The van der Waals surface area contributed by atoms with Crippen LogP contribution in [0.5, 0.6) is 5.75 Å². The maximum atomic E-state index is 11.4. The van der Waals surface area contributed by atoms with E-state index in [4.69, 9.17) is 9.84 Å². The van der Waals surface area contributed by atoms with E-state index in [1.165, 1.54) is 0 Å². The van der Waals surface area contributed by atoms with Crippen molar-refractivity contribution < 1.29 is 19.7 Å². The van der Waals surface area contributed by atoms with Crippen LogP contribution in [0.25, 0.3) is 10.8 Å². The SMILES string of the molecule is O=C(Nc1cccc2c(O)cccc12)OCCO. The molecule has 0 heterocycles. The van der Waals surface area contributed by atoms with Crippen LogP contribution in [0.2, 0.25) is 0 Å². The van der Waals surface area contributed by atoms with Crippen molar-refractivity contribution in [3.63, 3.8) is 0 Å². The van der Waals surface area contributed by atoms with Gasteiger partial charge in [-0.25, -0.2) is 4.79 Å². The molecule has 0 aliphatic heterocycles. The predicted octanol–water partition coefficient (Wildman–Crippen LogP) is 2.09. The van der Waals surface area contributed by atoms with Crippen molar-refractivity contribution in [1.82, 2.24) is 0 Å². The fourth-order valence-corrected chi connectivity index (χ4v) is 1.69. The van der Waals surface area contributed by atoms with Gasteiger partial charge >= 0.3 is 6.09 Å². The normalized spacial score (nSPS) is 10.3. The summed E-state index contributed by atoms with van der Waals surface area (Å²) in [5, 5.41) is 22.2. The first kappa shape index (κ1) is 12.2. The Morgan fingerprint density at radius 2 is 1.89 bits per heavy atom. The Morgan fingerprint density at radius 1 is 1.17 bits per heavy atom. The second-order valence-electron chi connectivity index (χ2n) is 3.66. The van der Waals surface area contributed by atoms with Crippen LogP contribution in [0.1, 0.15) is 0 Å². The quantitative estimate of drug-likeness (QED) is 0.776. The molecule has 5 heteroatoms. The number of phenols is 1. The van der Waals surface area contributed by atoms with E-state index in [2.05, 4.69) is 5.32 Å². The minimum absolute atomic E-state index is 0.0537. The second-order valence-corrected chi connectivity index (χ2v) is 3.66. The molecule has 2 aromatic carbocycles. The Bertz CT molecular complexity index is 568. The zero-order valence-corrected chi connectivity index (χ0v) is 9.59. The molecule has 2 aromatic rings. The van der Waals surface area contributed by atoms with Crippen LogP contribution in [0, 0.1) is 0 Å². The number of aliphatic hydroxyl groups excluding tert-OH is 1. The smallest absolute Gasteiger partial charge is 0.411 e. The highest BCUT2D eigenvalue weighted by Crippen LogP contribution is 2.29. The average Bonchev–Trinajstić information content (AvgIpc) is 2.38. The Labute approximate surface area is 104 Å². The molecule has 0 bridgehead atoms. The molecular formula is C13H13NO4. The number of ether oxygens (including phenoxy) is 1. The molecular weight excluding hydrogens is 234 g/mol. The molecule has 0 fully saturated rings. The summed E-state index contributed by atoms with van der Waals surface area (Å²) < 4.78 is 4.71. The fourth-order valence-electron chi connectivity index (χ4n) is 1.69. The number of hydrogen-bond acceptors (Lipinski definition) is 4. The van der Waals surface area contributed by atoms with Gasteiger partial charge in [0.1, 0.15) is 12.4 Å². The van der Waals surface area contributed by atoms with E-state index in [0.717, 1.165) is 5.39 Å². The van der Waals surface area contributed by atoms with Gasteiger partial charge in [-0.2, -0.15) is 0 Å². The lowest BCUT2D eigenvalue weighted by Crippen LogP contribution is -2.15. The number of phenolic OH excluding ortho intramolecular Hbond substituents is 1. The third-order valence-corrected chi connectivity index (χ3v) is 2.46. The standard InChI is InChI=1S/C13H13NO4/c15-7-8-18-13(17)14-11-5-1-4-10-9(11)3-2-6-12(10)16/h1-6,15-16H,7-8H2,(H,14,17). The number of amides is 1. The van der Waals surface area contributed by atoms with Gasteiger partial charge in [0.15, 0.2) is 0 Å². The number of fused-ring (bicyclic) bond motifs is 1. The number of anilines is 1. The highest BCUT2D eigenvalue weighted by molar-refractivity contribution is 6.02. The fraction of sp³-hybridized carbons (Fsp3) is 0.154. The first-order valence-corrected chi connectivity index (χ1v) is 5.47. The van der Waals surface area contributed by atoms with E-state index in [1.807, 2.05) is 0 Å². The molecule has 5 nitrogen and oxygen atoms in total. The molecule has 0 atom stereocenters. The van der Waals surface area contributed by atoms with E-state index in [9.17, 15) is 9.90 Å². The predicted molar refractivity (Wildman–Crippen MR) is 67.7 cm³/mol. The van der Waals surface area contributed by atoms with Gasteiger partial charge in [0.25, 0.3) is 0 Å². The topological polar surface area (TPSA) is 78.8 Å². The first-order valence-electron chi connectivity index (χ1n) is 5.47. The monoisotopic (exact) mass is 247 g/mol. The third-order valence-electron chi connectivity index (χ3n) is 2.46. The molecule has 0 saturated heterocycles. The largest absolute Gasteiger partial charge is 0.507 e. The molecule has 0 aromatic heterocycles. The summed E-state index contributed by atoms with van der Waals surface area (Å²) in [4.78, 5) is 11.4. The van der Waals surface area contributed by atoms with Crippen LogP contribution in [-0.4, -0.2) is 29.5 Å². The Balaban J connectivity index is 2.28. The molecule has 94 valence electrons. The van der Waals surface area contributed by atoms with E-state index in [-0.39, 0.29) is 19.0 Å². The lowest BCUT2D eigenvalue weighted by Gasteiger charge is -2.09. The molecule has 18 heavy (non-hydrogen) atoms. The van der Waals surface area contributed by atoms with Crippen LogP contribution in [0.4, 0.5) is 10.5 Å². The Hall–Kier alpha value is -2.27. The number of aromatic hydroxyl groups is 1. The highest BCUT2D eigenvalue weighted by Gasteiger charge is 2.07. The maximum absolute atomic E-state index is 11.4. The molecule has 2 rings (SSSR count). The molecule has 0 aliphatic carbocycles. The van der Waals surface area contributed by atoms with Gasteiger partial charge in [-0.3, -0.25) is 5.32 Å². The van der Waals surface area contributed by atoms with Gasteiger partial charge in [0, 0.05) is 10.8 Å². The van der Waals surface area contributed by atoms with Crippen molar-refractivity contribution in [2.24, 2.45) is 0 Å². The van der Waals surface area contributed by atoms with Crippen molar-refractivity contribution in [2.75, 3.05) is 18.5 Å². The summed E-state index contributed by atoms with van der Waals surface area (Å²) in [6.45, 7) is -0.272. The van der Waals surface area contributed by atoms with Crippen LogP contribution >= 0.6 is 0 Å². The van der Waals surface area contributed by atoms with Crippen molar-refractivity contribution in [3.8, 4) is 5.75 Å². The molecule has 1 amide bonds. The number of nitrogens with one attached hydrogen (secondary N) is 1. The third kappa shape index (κ3) is 2.52. The molecule has 0 aliphatic rings. The van der Waals surface area contributed by atoms with Crippen LogP contribution in [0.3, 0.4) is 0 Å². The van der Waals surface area contributed by atoms with Gasteiger partial charge < -0.3 is 14.9 Å².